The zero-order valence-corrected chi connectivity index (χ0v) is 14.6. The van der Waals surface area contributed by atoms with Crippen LogP contribution < -0.4 is 5.32 Å². The van der Waals surface area contributed by atoms with E-state index in [0.717, 1.165) is 23.3 Å². The molecule has 0 fully saturated rings. The fourth-order valence-corrected chi connectivity index (χ4v) is 2.42. The second kappa shape index (κ2) is 7.93. The van der Waals surface area contributed by atoms with Gasteiger partial charge >= 0.3 is 0 Å². The Bertz CT molecular complexity index is 814. The molecule has 0 aliphatic rings. The van der Waals surface area contributed by atoms with E-state index < -0.39 is 0 Å². The van der Waals surface area contributed by atoms with Crippen LogP contribution in [0.25, 0.3) is 11.0 Å². The minimum absolute atomic E-state index is 0. The molecular formula is C18H21ClN4O. The number of halogens is 1. The minimum atomic E-state index is -0.0946. The van der Waals surface area contributed by atoms with E-state index in [1.165, 1.54) is 5.56 Å². The molecule has 0 spiro atoms. The Morgan fingerprint density at radius 3 is 2.83 bits per heavy atom. The first-order valence-electron chi connectivity index (χ1n) is 7.80. The largest absolute Gasteiger partial charge is 0.352 e. The molecule has 3 aromatic rings. The maximum Gasteiger partial charge on any atom is 0.252 e. The molecule has 0 aliphatic carbocycles. The summed E-state index contributed by atoms with van der Waals surface area (Å²) in [5.74, 6) is 1.29. The van der Waals surface area contributed by atoms with Crippen LogP contribution in [0.1, 0.15) is 41.5 Å². The van der Waals surface area contributed by atoms with E-state index in [-0.39, 0.29) is 18.3 Å². The van der Waals surface area contributed by atoms with Crippen LogP contribution in [0, 0.1) is 0 Å². The summed E-state index contributed by atoms with van der Waals surface area (Å²) < 4.78 is 0. The van der Waals surface area contributed by atoms with Crippen molar-refractivity contribution in [1.82, 2.24) is 20.3 Å². The molecule has 0 saturated carbocycles. The SMILES string of the molecule is CC(C)c1nc2ccc(CCNC(=O)c3cccnc3)cc2[nH]1.Cl. The lowest BCUT2D eigenvalue weighted by molar-refractivity contribution is 0.0954. The van der Waals surface area contributed by atoms with E-state index in [2.05, 4.69) is 46.2 Å². The zero-order chi connectivity index (χ0) is 16.2. The van der Waals surface area contributed by atoms with E-state index in [1.807, 2.05) is 6.07 Å². The first-order chi connectivity index (χ1) is 11.1. The van der Waals surface area contributed by atoms with Gasteiger partial charge in [-0.25, -0.2) is 4.98 Å². The predicted octanol–water partition coefficient (Wildman–Crippen LogP) is 3.48. The third kappa shape index (κ3) is 4.11. The predicted molar refractivity (Wildman–Crippen MR) is 97.7 cm³/mol. The molecule has 0 atom stereocenters. The Labute approximate surface area is 147 Å². The van der Waals surface area contributed by atoms with Crippen LogP contribution in [0.15, 0.2) is 42.7 Å². The van der Waals surface area contributed by atoms with Crippen LogP contribution in [-0.4, -0.2) is 27.4 Å². The highest BCUT2D eigenvalue weighted by molar-refractivity contribution is 5.93. The molecule has 1 aromatic carbocycles. The number of nitrogens with zero attached hydrogens (tertiary/aromatic N) is 2. The van der Waals surface area contributed by atoms with E-state index in [9.17, 15) is 4.79 Å². The second-order valence-corrected chi connectivity index (χ2v) is 5.88. The monoisotopic (exact) mass is 344 g/mol. The summed E-state index contributed by atoms with van der Waals surface area (Å²) in [5, 5.41) is 2.91. The van der Waals surface area contributed by atoms with Gasteiger partial charge in [-0.3, -0.25) is 9.78 Å². The van der Waals surface area contributed by atoms with Gasteiger partial charge in [0.25, 0.3) is 5.91 Å². The summed E-state index contributed by atoms with van der Waals surface area (Å²) in [4.78, 5) is 23.8. The number of carbonyl (C=O) groups excluding carboxylic acids is 1. The summed E-state index contributed by atoms with van der Waals surface area (Å²) in [5.41, 5.74) is 3.78. The molecule has 3 rings (SSSR count). The molecule has 1 amide bonds. The van der Waals surface area contributed by atoms with Gasteiger partial charge in [-0.05, 0) is 36.2 Å². The number of aromatic nitrogens is 3. The van der Waals surface area contributed by atoms with Crippen molar-refractivity contribution in [1.29, 1.82) is 0 Å². The van der Waals surface area contributed by atoms with Crippen LogP contribution in [0.3, 0.4) is 0 Å². The first kappa shape index (κ1) is 17.9. The minimum Gasteiger partial charge on any atom is -0.352 e. The third-order valence-corrected chi connectivity index (χ3v) is 3.73. The molecule has 2 N–H and O–H groups in total. The summed E-state index contributed by atoms with van der Waals surface area (Å²) in [7, 11) is 0. The van der Waals surface area contributed by atoms with Gasteiger partial charge in [0.05, 0.1) is 16.6 Å². The van der Waals surface area contributed by atoms with Gasteiger partial charge in [-0.15, -0.1) is 12.4 Å². The summed E-state index contributed by atoms with van der Waals surface area (Å²) in [6, 6.07) is 9.70. The average molecular weight is 345 g/mol. The molecule has 2 aromatic heterocycles. The van der Waals surface area contributed by atoms with Gasteiger partial charge in [-0.2, -0.15) is 0 Å². The van der Waals surface area contributed by atoms with Crippen LogP contribution in [-0.2, 0) is 6.42 Å². The molecular weight excluding hydrogens is 324 g/mol. The fourth-order valence-electron chi connectivity index (χ4n) is 2.42. The van der Waals surface area contributed by atoms with Crippen molar-refractivity contribution in [2.75, 3.05) is 6.54 Å². The lowest BCUT2D eigenvalue weighted by Crippen LogP contribution is -2.25. The van der Waals surface area contributed by atoms with E-state index in [1.54, 1.807) is 24.5 Å². The van der Waals surface area contributed by atoms with Crippen molar-refractivity contribution in [3.05, 3.63) is 59.7 Å². The Morgan fingerprint density at radius 1 is 1.29 bits per heavy atom. The van der Waals surface area contributed by atoms with Crippen molar-refractivity contribution < 1.29 is 4.79 Å². The smallest absolute Gasteiger partial charge is 0.252 e. The van der Waals surface area contributed by atoms with Crippen molar-refractivity contribution in [3.8, 4) is 0 Å². The fraction of sp³-hybridized carbons (Fsp3) is 0.278. The number of H-pyrrole nitrogens is 1. The van der Waals surface area contributed by atoms with Gasteiger partial charge < -0.3 is 10.3 Å². The lowest BCUT2D eigenvalue weighted by Gasteiger charge is -2.05. The maximum absolute atomic E-state index is 12.0. The Kier molecular flexibility index (Phi) is 5.93. The molecule has 0 bridgehead atoms. The number of nitrogens with one attached hydrogen (secondary N) is 2. The van der Waals surface area contributed by atoms with Crippen molar-refractivity contribution in [3.63, 3.8) is 0 Å². The normalized spacial score (nSPS) is 10.6. The molecule has 0 saturated heterocycles. The molecule has 0 aliphatic heterocycles. The quantitative estimate of drug-likeness (QED) is 0.744. The van der Waals surface area contributed by atoms with Crippen molar-refractivity contribution >= 4 is 29.3 Å². The zero-order valence-electron chi connectivity index (χ0n) is 13.7. The van der Waals surface area contributed by atoms with Gasteiger partial charge in [0.15, 0.2) is 0 Å². The van der Waals surface area contributed by atoms with Gasteiger partial charge in [-0.1, -0.05) is 19.9 Å². The molecule has 2 heterocycles. The van der Waals surface area contributed by atoms with E-state index in [0.29, 0.717) is 18.0 Å². The van der Waals surface area contributed by atoms with E-state index >= 15 is 0 Å². The number of imidazole rings is 1. The molecule has 0 unspecified atom stereocenters. The van der Waals surface area contributed by atoms with Crippen molar-refractivity contribution in [2.45, 2.75) is 26.2 Å². The number of amides is 1. The van der Waals surface area contributed by atoms with Crippen LogP contribution >= 0.6 is 12.4 Å². The topological polar surface area (TPSA) is 70.7 Å². The van der Waals surface area contributed by atoms with Gasteiger partial charge in [0.1, 0.15) is 5.82 Å². The molecule has 24 heavy (non-hydrogen) atoms. The molecule has 6 heteroatoms. The summed E-state index contributed by atoms with van der Waals surface area (Å²) in [6.45, 7) is 4.82. The Morgan fingerprint density at radius 2 is 2.12 bits per heavy atom. The summed E-state index contributed by atoms with van der Waals surface area (Å²) in [6.07, 6.45) is 4.00. The number of benzene rings is 1. The number of aromatic amines is 1. The highest BCUT2D eigenvalue weighted by Gasteiger charge is 2.08. The highest BCUT2D eigenvalue weighted by atomic mass is 35.5. The average Bonchev–Trinajstić information content (AvgIpc) is 2.99. The molecule has 126 valence electrons. The molecule has 0 radical (unpaired) electrons. The van der Waals surface area contributed by atoms with Crippen LogP contribution in [0.2, 0.25) is 0 Å². The summed E-state index contributed by atoms with van der Waals surface area (Å²) >= 11 is 0. The third-order valence-electron chi connectivity index (χ3n) is 3.73. The lowest BCUT2D eigenvalue weighted by atomic mass is 10.1. The maximum atomic E-state index is 12.0. The van der Waals surface area contributed by atoms with Crippen LogP contribution in [0.4, 0.5) is 0 Å². The van der Waals surface area contributed by atoms with E-state index in [4.69, 9.17) is 0 Å². The van der Waals surface area contributed by atoms with Crippen molar-refractivity contribution in [2.24, 2.45) is 0 Å². The highest BCUT2D eigenvalue weighted by Crippen LogP contribution is 2.18. The number of hydrogen-bond donors (Lipinski definition) is 2. The number of carbonyl (C=O) groups is 1. The standard InChI is InChI=1S/C18H20N4O.ClH/c1-12(2)17-21-15-6-5-13(10-16(15)22-17)7-9-20-18(23)14-4-3-8-19-11-14;/h3-6,8,10-12H,7,9H2,1-2H3,(H,20,23)(H,21,22);1H. The number of rotatable bonds is 5. The number of fused-ring (bicyclic) bond motifs is 1. The second-order valence-electron chi connectivity index (χ2n) is 5.88. The first-order valence-corrected chi connectivity index (χ1v) is 7.80. The Balaban J connectivity index is 0.00000208. The van der Waals surface area contributed by atoms with Gasteiger partial charge in [0, 0.05) is 24.9 Å². The molecule has 5 nitrogen and oxygen atoms in total. The van der Waals surface area contributed by atoms with Gasteiger partial charge in [0.2, 0.25) is 0 Å². The Hall–Kier alpha value is -2.40. The van der Waals surface area contributed by atoms with Crippen LogP contribution in [0.5, 0.6) is 0 Å². The number of pyridine rings is 1. The number of hydrogen-bond acceptors (Lipinski definition) is 3.